The second-order valence-electron chi connectivity index (χ2n) is 6.02. The summed E-state index contributed by atoms with van der Waals surface area (Å²) in [7, 11) is -4.63. The van der Waals surface area contributed by atoms with Crippen LogP contribution in [0.15, 0.2) is 53.4 Å². The number of carbonyl (C=O) groups is 1. The molecule has 9 nitrogen and oxygen atoms in total. The van der Waals surface area contributed by atoms with Crippen LogP contribution in [0.25, 0.3) is 10.8 Å². The van der Waals surface area contributed by atoms with E-state index in [1.165, 1.54) is 36.4 Å². The Bertz CT molecular complexity index is 1240. The fourth-order valence-corrected chi connectivity index (χ4v) is 3.58. The molecule has 0 fully saturated rings. The molecule has 0 aliphatic carbocycles. The fraction of sp³-hybridized carbons (Fsp3) is 0.0556. The van der Waals surface area contributed by atoms with Crippen molar-refractivity contribution in [1.29, 1.82) is 0 Å². The van der Waals surface area contributed by atoms with Crippen LogP contribution < -0.4 is 5.32 Å². The normalized spacial score (nSPS) is 11.4. The van der Waals surface area contributed by atoms with Crippen LogP contribution in [0, 0.1) is 17.0 Å². The summed E-state index contributed by atoms with van der Waals surface area (Å²) in [6, 6.07) is 10.4. The van der Waals surface area contributed by atoms with Crippen molar-refractivity contribution in [2.45, 2.75) is 11.8 Å². The summed E-state index contributed by atoms with van der Waals surface area (Å²) in [6.07, 6.45) is 0. The lowest BCUT2D eigenvalue weighted by Crippen LogP contribution is -2.14. The van der Waals surface area contributed by atoms with E-state index in [4.69, 9.17) is 0 Å². The minimum Gasteiger partial charge on any atom is -0.507 e. The lowest BCUT2D eigenvalue weighted by molar-refractivity contribution is -0.385. The monoisotopic (exact) mass is 402 g/mol. The number of hydrogen-bond acceptors (Lipinski definition) is 6. The van der Waals surface area contributed by atoms with Crippen LogP contribution in [0.5, 0.6) is 5.75 Å². The molecular formula is C18H14N2O7S. The van der Waals surface area contributed by atoms with E-state index < -0.39 is 31.6 Å². The van der Waals surface area contributed by atoms with Gasteiger partial charge in [0.2, 0.25) is 0 Å². The predicted octanol–water partition coefficient (Wildman–Crippen LogP) is 3.26. The van der Waals surface area contributed by atoms with Gasteiger partial charge in [0.15, 0.2) is 0 Å². The van der Waals surface area contributed by atoms with Crippen molar-refractivity contribution in [2.75, 3.05) is 5.32 Å². The van der Waals surface area contributed by atoms with Crippen molar-refractivity contribution in [3.05, 3.63) is 69.8 Å². The molecule has 0 aliphatic rings. The zero-order chi connectivity index (χ0) is 20.6. The second-order valence-corrected chi connectivity index (χ2v) is 7.41. The lowest BCUT2D eigenvalue weighted by atomic mass is 10.1. The Morgan fingerprint density at radius 2 is 1.86 bits per heavy atom. The quantitative estimate of drug-likeness (QED) is 0.263. The van der Waals surface area contributed by atoms with E-state index in [9.17, 15) is 33.0 Å². The summed E-state index contributed by atoms with van der Waals surface area (Å²) in [5, 5.41) is 23.7. The number of amides is 1. The minimum absolute atomic E-state index is 0.110. The molecule has 0 saturated carbocycles. The number of phenols is 1. The number of nitrogens with one attached hydrogen (secondary N) is 1. The number of carbonyl (C=O) groups excluding carboxylic acids is 1. The van der Waals surface area contributed by atoms with E-state index in [0.29, 0.717) is 5.56 Å². The number of phenolic OH excluding ortho intramolecular Hbond substituents is 1. The Hall–Kier alpha value is -3.50. The molecule has 1 amide bonds. The number of rotatable bonds is 4. The molecule has 144 valence electrons. The highest BCUT2D eigenvalue weighted by Crippen LogP contribution is 2.36. The number of nitro groups is 1. The molecule has 0 radical (unpaired) electrons. The lowest BCUT2D eigenvalue weighted by Gasteiger charge is -2.12. The molecule has 3 rings (SSSR count). The van der Waals surface area contributed by atoms with Gasteiger partial charge < -0.3 is 10.4 Å². The Labute approximate surface area is 159 Å². The van der Waals surface area contributed by atoms with Gasteiger partial charge in [-0.1, -0.05) is 18.2 Å². The van der Waals surface area contributed by atoms with Gasteiger partial charge >= 0.3 is 0 Å². The predicted molar refractivity (Wildman–Crippen MR) is 101 cm³/mol. The molecule has 3 N–H and O–H groups in total. The number of benzene rings is 3. The first-order valence-corrected chi connectivity index (χ1v) is 9.32. The highest BCUT2D eigenvalue weighted by atomic mass is 32.2. The van der Waals surface area contributed by atoms with Crippen LogP contribution >= 0.6 is 0 Å². The fourth-order valence-electron chi connectivity index (χ4n) is 2.86. The van der Waals surface area contributed by atoms with Crippen LogP contribution in [-0.4, -0.2) is 28.9 Å². The van der Waals surface area contributed by atoms with Crippen molar-refractivity contribution >= 4 is 38.2 Å². The third-order valence-electron chi connectivity index (χ3n) is 4.10. The van der Waals surface area contributed by atoms with E-state index in [1.54, 1.807) is 6.92 Å². The average molecular weight is 402 g/mol. The zero-order valence-electron chi connectivity index (χ0n) is 14.4. The third kappa shape index (κ3) is 3.50. The van der Waals surface area contributed by atoms with E-state index in [0.717, 1.165) is 12.1 Å². The van der Waals surface area contributed by atoms with Gasteiger partial charge in [0.1, 0.15) is 16.2 Å². The van der Waals surface area contributed by atoms with Gasteiger partial charge in [0, 0.05) is 22.5 Å². The highest BCUT2D eigenvalue weighted by molar-refractivity contribution is 7.86. The number of nitrogens with zero attached hydrogens (tertiary/aromatic N) is 1. The van der Waals surface area contributed by atoms with Gasteiger partial charge in [0.05, 0.1) is 4.92 Å². The van der Waals surface area contributed by atoms with Crippen molar-refractivity contribution in [1.82, 2.24) is 0 Å². The molecular weight excluding hydrogens is 388 g/mol. The maximum absolute atomic E-state index is 12.7. The van der Waals surface area contributed by atoms with E-state index in [2.05, 4.69) is 5.32 Å². The van der Waals surface area contributed by atoms with Crippen molar-refractivity contribution < 1.29 is 27.8 Å². The van der Waals surface area contributed by atoms with Gasteiger partial charge in [-0.3, -0.25) is 19.5 Å². The number of anilines is 1. The van der Waals surface area contributed by atoms with E-state index in [-0.39, 0.29) is 27.7 Å². The van der Waals surface area contributed by atoms with Gasteiger partial charge in [-0.2, -0.15) is 8.42 Å². The molecule has 0 saturated heterocycles. The summed E-state index contributed by atoms with van der Waals surface area (Å²) in [4.78, 5) is 22.6. The summed E-state index contributed by atoms with van der Waals surface area (Å²) < 4.78 is 32.6. The first-order valence-electron chi connectivity index (χ1n) is 7.88. The Kier molecular flexibility index (Phi) is 4.75. The molecule has 0 heterocycles. The summed E-state index contributed by atoms with van der Waals surface area (Å²) in [5.74, 6) is -1.19. The molecule has 0 aliphatic heterocycles. The molecule has 0 unspecified atom stereocenters. The van der Waals surface area contributed by atoms with E-state index >= 15 is 0 Å². The van der Waals surface area contributed by atoms with Crippen LogP contribution in [0.2, 0.25) is 0 Å². The number of nitro benzene ring substituents is 1. The number of aromatic hydroxyl groups is 1. The maximum atomic E-state index is 12.7. The minimum atomic E-state index is -4.63. The van der Waals surface area contributed by atoms with Gasteiger partial charge in [0.25, 0.3) is 21.7 Å². The highest BCUT2D eigenvalue weighted by Gasteiger charge is 2.22. The summed E-state index contributed by atoms with van der Waals surface area (Å²) in [5.41, 5.74) is 0.195. The SMILES string of the molecule is Cc1ccc([N+](=O)[O-])c(C(=O)Nc2ccc(O)c3c(S(=O)(=O)O)cccc23)c1. The number of aryl methyl sites for hydroxylation is 1. The molecule has 0 spiro atoms. The first-order chi connectivity index (χ1) is 13.1. The Morgan fingerprint density at radius 3 is 2.50 bits per heavy atom. The van der Waals surface area contributed by atoms with Crippen LogP contribution in [0.1, 0.15) is 15.9 Å². The first kappa shape index (κ1) is 19.3. The number of fused-ring (bicyclic) bond motifs is 1. The summed E-state index contributed by atoms with van der Waals surface area (Å²) in [6.45, 7) is 1.68. The largest absolute Gasteiger partial charge is 0.507 e. The molecule has 0 aromatic heterocycles. The van der Waals surface area contributed by atoms with Gasteiger partial charge in [-0.25, -0.2) is 0 Å². The zero-order valence-corrected chi connectivity index (χ0v) is 15.2. The molecule has 3 aromatic rings. The van der Waals surface area contributed by atoms with Crippen molar-refractivity contribution in [3.8, 4) is 5.75 Å². The van der Waals surface area contributed by atoms with Crippen LogP contribution in [0.3, 0.4) is 0 Å². The van der Waals surface area contributed by atoms with Crippen LogP contribution in [0.4, 0.5) is 11.4 Å². The maximum Gasteiger partial charge on any atom is 0.295 e. The molecule has 3 aromatic carbocycles. The second kappa shape index (κ2) is 6.91. The summed E-state index contributed by atoms with van der Waals surface area (Å²) >= 11 is 0. The molecule has 10 heteroatoms. The van der Waals surface area contributed by atoms with Gasteiger partial charge in [-0.15, -0.1) is 0 Å². The van der Waals surface area contributed by atoms with Crippen molar-refractivity contribution in [2.24, 2.45) is 0 Å². The molecule has 0 bridgehead atoms. The smallest absolute Gasteiger partial charge is 0.295 e. The van der Waals surface area contributed by atoms with E-state index in [1.807, 2.05) is 0 Å². The molecule has 28 heavy (non-hydrogen) atoms. The van der Waals surface area contributed by atoms with Crippen LogP contribution in [-0.2, 0) is 10.1 Å². The average Bonchev–Trinajstić information content (AvgIpc) is 2.62. The van der Waals surface area contributed by atoms with Crippen molar-refractivity contribution in [3.63, 3.8) is 0 Å². The Morgan fingerprint density at radius 1 is 1.14 bits per heavy atom. The standard InChI is InChI=1S/C18H14N2O7S/c1-10-5-7-14(20(23)24)12(9-10)18(22)19-13-6-8-15(21)17-11(13)3-2-4-16(17)28(25,26)27/h2-9,21H,1H3,(H,19,22)(H,25,26,27). The third-order valence-corrected chi connectivity index (χ3v) is 5.00. The number of hydrogen-bond donors (Lipinski definition) is 3. The van der Waals surface area contributed by atoms with Gasteiger partial charge in [-0.05, 0) is 36.8 Å². The topological polar surface area (TPSA) is 147 Å². The molecule has 0 atom stereocenters. The Balaban J connectivity index is 2.15.